The summed E-state index contributed by atoms with van der Waals surface area (Å²) in [6, 6.07) is 30.7. The van der Waals surface area contributed by atoms with Crippen LogP contribution in [-0.2, 0) is 10.8 Å². The molecule has 3 N–H and O–H groups in total. The second-order valence-corrected chi connectivity index (χ2v) is 11.1. The summed E-state index contributed by atoms with van der Waals surface area (Å²) in [6.07, 6.45) is 0. The average Bonchev–Trinajstić information content (AvgIpc) is 2.90. The van der Waals surface area contributed by atoms with Crippen LogP contribution in [0.4, 0.5) is 0 Å². The summed E-state index contributed by atoms with van der Waals surface area (Å²) >= 11 is 0. The van der Waals surface area contributed by atoms with E-state index in [0.717, 1.165) is 0 Å². The molecule has 0 saturated carbocycles. The summed E-state index contributed by atoms with van der Waals surface area (Å²) < 4.78 is 5.66. The van der Waals surface area contributed by atoms with Gasteiger partial charge in [-0.05, 0) is 58.4 Å². The van der Waals surface area contributed by atoms with Crippen LogP contribution in [0.15, 0.2) is 103 Å². The number of rotatable bonds is 4. The Bertz CT molecular complexity index is 1380. The number of carboxylic acids is 2. The van der Waals surface area contributed by atoms with Crippen LogP contribution in [0.5, 0.6) is 17.2 Å². The number of ether oxygens (including phenoxy) is 1. The number of aromatic carboxylic acids is 2. The summed E-state index contributed by atoms with van der Waals surface area (Å²) in [4.78, 5) is 21.4. The van der Waals surface area contributed by atoms with E-state index in [0.29, 0.717) is 16.9 Å². The van der Waals surface area contributed by atoms with Gasteiger partial charge in [0.25, 0.3) is 0 Å². The van der Waals surface area contributed by atoms with Crippen molar-refractivity contribution < 1.29 is 29.6 Å². The fourth-order valence-electron chi connectivity index (χ4n) is 3.47. The third-order valence-corrected chi connectivity index (χ3v) is 5.84. The molecule has 0 aliphatic rings. The van der Waals surface area contributed by atoms with Gasteiger partial charge in [0, 0.05) is 0 Å². The number of hydrogen-bond donors (Lipinski definition) is 3. The lowest BCUT2D eigenvalue weighted by molar-refractivity contribution is 0.0682. The lowest BCUT2D eigenvalue weighted by Crippen LogP contribution is -2.10. The molecule has 0 fully saturated rings. The van der Waals surface area contributed by atoms with Crippen molar-refractivity contribution in [1.29, 1.82) is 0 Å². The van der Waals surface area contributed by atoms with Crippen molar-refractivity contribution in [3.63, 3.8) is 0 Å². The van der Waals surface area contributed by atoms with Crippen LogP contribution in [0.1, 0.15) is 73.4 Å². The van der Waals surface area contributed by atoms with Gasteiger partial charge in [-0.25, -0.2) is 9.59 Å². The molecule has 6 heteroatoms. The first-order chi connectivity index (χ1) is 18.7. The minimum atomic E-state index is -1.11. The molecule has 0 unspecified atom stereocenters. The van der Waals surface area contributed by atoms with Crippen LogP contribution in [0.25, 0.3) is 0 Å². The highest BCUT2D eigenvalue weighted by molar-refractivity contribution is 5.91. The molecule has 0 aliphatic heterocycles. The Labute approximate surface area is 236 Å². The molecular formula is C34H38O6. The van der Waals surface area contributed by atoms with E-state index in [4.69, 9.17) is 20.1 Å². The summed E-state index contributed by atoms with van der Waals surface area (Å²) in [5.74, 6) is -1.32. The van der Waals surface area contributed by atoms with Crippen molar-refractivity contribution >= 4 is 11.9 Å². The number of carboxylic acid groups (broad SMARTS) is 2. The first-order valence-corrected chi connectivity index (χ1v) is 12.9. The normalized spacial score (nSPS) is 10.8. The minimum absolute atomic E-state index is 0.0671. The number of para-hydroxylation sites is 2. The first kappa shape index (κ1) is 31.6. The predicted octanol–water partition coefficient (Wildman–Crippen LogP) is 8.55. The summed E-state index contributed by atoms with van der Waals surface area (Å²) in [5, 5.41) is 26.4. The number of phenols is 1. The zero-order valence-electron chi connectivity index (χ0n) is 23.9. The van der Waals surface area contributed by atoms with E-state index < -0.39 is 11.9 Å². The Balaban J connectivity index is 0.000000235. The third kappa shape index (κ3) is 9.95. The van der Waals surface area contributed by atoms with Crippen molar-refractivity contribution in [3.05, 3.63) is 125 Å². The van der Waals surface area contributed by atoms with Crippen LogP contribution < -0.4 is 4.74 Å². The van der Waals surface area contributed by atoms with Crippen molar-refractivity contribution in [2.75, 3.05) is 0 Å². The average molecular weight is 543 g/mol. The van der Waals surface area contributed by atoms with Gasteiger partial charge in [-0.3, -0.25) is 0 Å². The van der Waals surface area contributed by atoms with Gasteiger partial charge in [-0.2, -0.15) is 0 Å². The largest absolute Gasteiger partial charge is 0.507 e. The number of hydrogen-bond acceptors (Lipinski definition) is 4. The monoisotopic (exact) mass is 542 g/mol. The van der Waals surface area contributed by atoms with Crippen molar-refractivity contribution in [1.82, 2.24) is 0 Å². The van der Waals surface area contributed by atoms with Gasteiger partial charge in [0.1, 0.15) is 28.4 Å². The van der Waals surface area contributed by atoms with Gasteiger partial charge < -0.3 is 20.1 Å². The van der Waals surface area contributed by atoms with E-state index in [9.17, 15) is 9.59 Å². The Morgan fingerprint density at radius 3 is 1.40 bits per heavy atom. The first-order valence-electron chi connectivity index (χ1n) is 12.9. The van der Waals surface area contributed by atoms with Gasteiger partial charge in [0.2, 0.25) is 0 Å². The minimum Gasteiger partial charge on any atom is -0.507 e. The third-order valence-electron chi connectivity index (χ3n) is 5.84. The van der Waals surface area contributed by atoms with Crippen molar-refractivity contribution in [2.24, 2.45) is 0 Å². The zero-order valence-corrected chi connectivity index (χ0v) is 23.9. The summed E-state index contributed by atoms with van der Waals surface area (Å²) in [5.41, 5.74) is 3.07. The van der Waals surface area contributed by atoms with Crippen molar-refractivity contribution in [2.45, 2.75) is 52.4 Å². The van der Waals surface area contributed by atoms with Gasteiger partial charge in [-0.15, -0.1) is 0 Å². The Morgan fingerprint density at radius 2 is 0.975 bits per heavy atom. The maximum absolute atomic E-state index is 11.1. The molecule has 4 aromatic carbocycles. The van der Waals surface area contributed by atoms with Crippen molar-refractivity contribution in [3.8, 4) is 17.2 Å². The van der Waals surface area contributed by atoms with Crippen LogP contribution >= 0.6 is 0 Å². The molecule has 0 atom stereocenters. The highest BCUT2D eigenvalue weighted by Gasteiger charge is 2.15. The topological polar surface area (TPSA) is 104 Å². The van der Waals surface area contributed by atoms with E-state index in [1.807, 2.05) is 24.3 Å². The molecule has 0 radical (unpaired) electrons. The molecule has 0 saturated heterocycles. The Morgan fingerprint density at radius 1 is 0.550 bits per heavy atom. The fraction of sp³-hybridized carbons (Fsp3) is 0.235. The molecule has 0 amide bonds. The van der Waals surface area contributed by atoms with Crippen LogP contribution in [0.2, 0.25) is 0 Å². The van der Waals surface area contributed by atoms with E-state index in [-0.39, 0.29) is 22.3 Å². The second kappa shape index (κ2) is 14.0. The smallest absolute Gasteiger partial charge is 0.339 e. The van der Waals surface area contributed by atoms with E-state index in [1.165, 1.54) is 29.3 Å². The van der Waals surface area contributed by atoms with Gasteiger partial charge >= 0.3 is 11.9 Å². The molecule has 0 spiro atoms. The highest BCUT2D eigenvalue weighted by atomic mass is 16.5. The zero-order chi connectivity index (χ0) is 29.9. The molecular weight excluding hydrogens is 504 g/mol. The lowest BCUT2D eigenvalue weighted by atomic mass is 9.87. The lowest BCUT2D eigenvalue weighted by Gasteiger charge is -2.19. The molecule has 0 aliphatic carbocycles. The van der Waals surface area contributed by atoms with Crippen LogP contribution in [0, 0.1) is 0 Å². The molecule has 210 valence electrons. The predicted molar refractivity (Wildman–Crippen MR) is 159 cm³/mol. The quantitative estimate of drug-likeness (QED) is 0.239. The molecule has 4 aromatic rings. The van der Waals surface area contributed by atoms with Crippen LogP contribution in [-0.4, -0.2) is 27.3 Å². The maximum Gasteiger partial charge on any atom is 0.339 e. The van der Waals surface area contributed by atoms with E-state index >= 15 is 0 Å². The number of carbonyl (C=O) groups is 2. The highest BCUT2D eigenvalue weighted by Crippen LogP contribution is 2.28. The maximum atomic E-state index is 11.1. The van der Waals surface area contributed by atoms with E-state index in [2.05, 4.69) is 71.9 Å². The molecule has 40 heavy (non-hydrogen) atoms. The fourth-order valence-corrected chi connectivity index (χ4v) is 3.47. The van der Waals surface area contributed by atoms with Gasteiger partial charge in [0.05, 0.1) is 0 Å². The van der Waals surface area contributed by atoms with Gasteiger partial charge in [0.15, 0.2) is 0 Å². The standard InChI is InChI=1S/C17H18O3.C10H14.C7H6O3/c1-17(2,3)12-8-10-13(11-9-12)20-15-7-5-4-6-14(15)16(18)19;1-10(2,3)9-7-5-4-6-8-9;8-6-4-2-1-3-5(6)7(9)10/h4-11H,1-3H3,(H,18,19);4-8H,1-3H3;1-4,8H,(H,9,10). The molecule has 0 bridgehead atoms. The number of aromatic hydroxyl groups is 1. The second-order valence-electron chi connectivity index (χ2n) is 11.1. The molecule has 0 heterocycles. The van der Waals surface area contributed by atoms with Crippen LogP contribution in [0.3, 0.4) is 0 Å². The van der Waals surface area contributed by atoms with E-state index in [1.54, 1.807) is 30.3 Å². The Kier molecular flexibility index (Phi) is 11.1. The molecule has 4 rings (SSSR count). The molecule has 6 nitrogen and oxygen atoms in total. The SMILES string of the molecule is CC(C)(C)c1ccc(Oc2ccccc2C(=O)O)cc1.CC(C)(C)c1ccccc1.O=C(O)c1ccccc1O. The summed E-state index contributed by atoms with van der Waals surface area (Å²) in [6.45, 7) is 13.1. The molecule has 0 aromatic heterocycles. The number of benzene rings is 4. The Hall–Kier alpha value is -4.58. The van der Waals surface area contributed by atoms with Gasteiger partial charge in [-0.1, -0.05) is 108 Å². The summed E-state index contributed by atoms with van der Waals surface area (Å²) in [7, 11) is 0.